The van der Waals surface area contributed by atoms with Gasteiger partial charge in [-0.2, -0.15) is 0 Å². The Kier molecular flexibility index (Phi) is 2.11. The van der Waals surface area contributed by atoms with Crippen LogP contribution in [0.4, 0.5) is 10.1 Å². The molecule has 0 radical (unpaired) electrons. The van der Waals surface area contributed by atoms with Gasteiger partial charge in [-0.15, -0.1) is 0 Å². The van der Waals surface area contributed by atoms with Gasteiger partial charge in [0, 0.05) is 6.07 Å². The van der Waals surface area contributed by atoms with E-state index in [1.165, 1.54) is 12.1 Å². The van der Waals surface area contributed by atoms with Crippen molar-refractivity contribution in [3.63, 3.8) is 0 Å². The Hall–Kier alpha value is -1.58. The number of nitrogen functional groups attached to an aromatic ring is 1. The Labute approximate surface area is 80.7 Å². The molecule has 74 valence electrons. The fourth-order valence-electron chi connectivity index (χ4n) is 1.11. The summed E-state index contributed by atoms with van der Waals surface area (Å²) in [6.07, 6.45) is 1.71. The minimum Gasteiger partial charge on any atom is -0.424 e. The number of ether oxygens (including phenoxy) is 1. The minimum absolute atomic E-state index is 0.0160. The van der Waals surface area contributed by atoms with Gasteiger partial charge in [0.1, 0.15) is 5.82 Å². The average molecular weight is 195 g/mol. The van der Waals surface area contributed by atoms with Crippen molar-refractivity contribution in [1.82, 2.24) is 0 Å². The minimum atomic E-state index is -0.460. The number of carbonyl (C=O) groups excluding carboxylic acids is 1. The highest BCUT2D eigenvalue weighted by Gasteiger charge is 2.31. The second-order valence-corrected chi connectivity index (χ2v) is 3.38. The maximum Gasteiger partial charge on any atom is 0.314 e. The summed E-state index contributed by atoms with van der Waals surface area (Å²) in [5.41, 5.74) is 5.79. The van der Waals surface area contributed by atoms with E-state index in [4.69, 9.17) is 10.5 Å². The van der Waals surface area contributed by atoms with Crippen LogP contribution in [0.25, 0.3) is 0 Å². The predicted octanol–water partition coefficient (Wildman–Crippen LogP) is 1.72. The molecule has 0 heterocycles. The molecule has 14 heavy (non-hydrogen) atoms. The largest absolute Gasteiger partial charge is 0.424 e. The van der Waals surface area contributed by atoms with E-state index in [0.29, 0.717) is 0 Å². The van der Waals surface area contributed by atoms with Crippen molar-refractivity contribution in [2.75, 3.05) is 5.73 Å². The zero-order chi connectivity index (χ0) is 10.1. The quantitative estimate of drug-likeness (QED) is 0.444. The molecule has 1 saturated carbocycles. The Morgan fingerprint density at radius 1 is 1.50 bits per heavy atom. The van der Waals surface area contributed by atoms with Crippen LogP contribution in [0.1, 0.15) is 12.8 Å². The number of anilines is 1. The molecule has 0 aliphatic heterocycles. The van der Waals surface area contributed by atoms with E-state index in [1.807, 2.05) is 0 Å². The summed E-state index contributed by atoms with van der Waals surface area (Å²) in [4.78, 5) is 11.2. The molecule has 1 aliphatic rings. The van der Waals surface area contributed by atoms with Crippen LogP contribution in [0, 0.1) is 11.7 Å². The highest BCUT2D eigenvalue weighted by molar-refractivity contribution is 5.78. The van der Waals surface area contributed by atoms with Gasteiger partial charge in [0.2, 0.25) is 0 Å². The normalized spacial score (nSPS) is 15.2. The molecule has 2 rings (SSSR count). The van der Waals surface area contributed by atoms with Gasteiger partial charge < -0.3 is 10.5 Å². The van der Waals surface area contributed by atoms with Gasteiger partial charge in [-0.1, -0.05) is 0 Å². The van der Waals surface area contributed by atoms with Crippen LogP contribution in [0.3, 0.4) is 0 Å². The van der Waals surface area contributed by atoms with Crippen LogP contribution in [0.15, 0.2) is 18.2 Å². The molecule has 0 aromatic heterocycles. The first-order chi connectivity index (χ1) is 6.66. The molecular weight excluding hydrogens is 185 g/mol. The third-order valence-corrected chi connectivity index (χ3v) is 2.10. The van der Waals surface area contributed by atoms with E-state index < -0.39 is 5.82 Å². The van der Waals surface area contributed by atoms with Crippen molar-refractivity contribution in [2.45, 2.75) is 12.8 Å². The van der Waals surface area contributed by atoms with Crippen molar-refractivity contribution < 1.29 is 13.9 Å². The molecular formula is C10H10FNO2. The number of rotatable bonds is 2. The zero-order valence-corrected chi connectivity index (χ0v) is 7.50. The Morgan fingerprint density at radius 2 is 2.21 bits per heavy atom. The average Bonchev–Trinajstić information content (AvgIpc) is 2.94. The summed E-state index contributed by atoms with van der Waals surface area (Å²) in [6, 6.07) is 3.73. The molecule has 1 aromatic carbocycles. The van der Waals surface area contributed by atoms with Gasteiger partial charge in [-0.05, 0) is 25.0 Å². The molecule has 3 nitrogen and oxygen atoms in total. The van der Waals surface area contributed by atoms with Gasteiger partial charge in [-0.25, -0.2) is 4.39 Å². The molecule has 1 aliphatic carbocycles. The number of benzene rings is 1. The monoisotopic (exact) mass is 195 g/mol. The molecule has 0 spiro atoms. The maximum absolute atomic E-state index is 12.8. The first-order valence-electron chi connectivity index (χ1n) is 4.43. The van der Waals surface area contributed by atoms with E-state index >= 15 is 0 Å². The molecule has 0 saturated heterocycles. The highest BCUT2D eigenvalue weighted by atomic mass is 19.1. The second kappa shape index (κ2) is 3.29. The summed E-state index contributed by atoms with van der Waals surface area (Å²) in [6.45, 7) is 0. The Balaban J connectivity index is 2.14. The third kappa shape index (κ3) is 1.84. The lowest BCUT2D eigenvalue weighted by Crippen LogP contribution is -2.11. The van der Waals surface area contributed by atoms with E-state index in [2.05, 4.69) is 0 Å². The number of carbonyl (C=O) groups is 1. The fourth-order valence-corrected chi connectivity index (χ4v) is 1.11. The van der Waals surface area contributed by atoms with Gasteiger partial charge in [-0.3, -0.25) is 4.79 Å². The second-order valence-electron chi connectivity index (χ2n) is 3.38. The van der Waals surface area contributed by atoms with Crippen molar-refractivity contribution in [2.24, 2.45) is 5.92 Å². The number of hydrogen-bond donors (Lipinski definition) is 1. The summed E-state index contributed by atoms with van der Waals surface area (Å²) in [7, 11) is 0. The third-order valence-electron chi connectivity index (χ3n) is 2.10. The Morgan fingerprint density at radius 3 is 2.86 bits per heavy atom. The number of hydrogen-bond acceptors (Lipinski definition) is 3. The number of esters is 1. The van der Waals surface area contributed by atoms with Crippen LogP contribution in [-0.2, 0) is 4.79 Å². The molecule has 0 unspecified atom stereocenters. The molecule has 1 fully saturated rings. The molecule has 0 bridgehead atoms. The van der Waals surface area contributed by atoms with Crippen molar-refractivity contribution in [3.05, 3.63) is 24.0 Å². The predicted molar refractivity (Wildman–Crippen MR) is 49.2 cm³/mol. The van der Waals surface area contributed by atoms with E-state index in [1.54, 1.807) is 0 Å². The summed E-state index contributed by atoms with van der Waals surface area (Å²) in [5.74, 6) is -0.681. The van der Waals surface area contributed by atoms with Crippen molar-refractivity contribution in [3.8, 4) is 5.75 Å². The lowest BCUT2D eigenvalue weighted by atomic mass is 10.3. The smallest absolute Gasteiger partial charge is 0.314 e. The molecule has 1 aromatic rings. The number of halogens is 1. The van der Waals surface area contributed by atoms with Gasteiger partial charge in [0.25, 0.3) is 0 Å². The lowest BCUT2D eigenvalue weighted by molar-refractivity contribution is -0.135. The SMILES string of the molecule is Nc1ccc(F)cc1OC(=O)C1CC1. The first-order valence-corrected chi connectivity index (χ1v) is 4.43. The van der Waals surface area contributed by atoms with Crippen LogP contribution >= 0.6 is 0 Å². The van der Waals surface area contributed by atoms with E-state index in [9.17, 15) is 9.18 Å². The van der Waals surface area contributed by atoms with Gasteiger partial charge in [0.05, 0.1) is 11.6 Å². The van der Waals surface area contributed by atoms with Gasteiger partial charge in [0.15, 0.2) is 5.75 Å². The molecule has 4 heteroatoms. The van der Waals surface area contributed by atoms with Crippen LogP contribution in [0.5, 0.6) is 5.75 Å². The lowest BCUT2D eigenvalue weighted by Gasteiger charge is -2.05. The standard InChI is InChI=1S/C10H10FNO2/c11-7-3-4-8(12)9(5-7)14-10(13)6-1-2-6/h3-6H,1-2,12H2. The van der Waals surface area contributed by atoms with Crippen molar-refractivity contribution >= 4 is 11.7 Å². The van der Waals surface area contributed by atoms with Crippen LogP contribution in [0.2, 0.25) is 0 Å². The van der Waals surface area contributed by atoms with E-state index in [-0.39, 0.29) is 23.3 Å². The zero-order valence-electron chi connectivity index (χ0n) is 7.50. The maximum atomic E-state index is 12.8. The summed E-state index contributed by atoms with van der Waals surface area (Å²) >= 11 is 0. The van der Waals surface area contributed by atoms with Crippen LogP contribution < -0.4 is 10.5 Å². The molecule has 2 N–H and O–H groups in total. The van der Waals surface area contributed by atoms with Crippen molar-refractivity contribution in [1.29, 1.82) is 0 Å². The summed E-state index contributed by atoms with van der Waals surface area (Å²) < 4.78 is 17.7. The molecule has 0 atom stereocenters. The van der Waals surface area contributed by atoms with E-state index in [0.717, 1.165) is 18.9 Å². The Bertz CT molecular complexity index is 374. The van der Waals surface area contributed by atoms with Gasteiger partial charge >= 0.3 is 5.97 Å². The molecule has 0 amide bonds. The number of nitrogens with two attached hydrogens (primary N) is 1. The van der Waals surface area contributed by atoms with Crippen LogP contribution in [-0.4, -0.2) is 5.97 Å². The highest BCUT2D eigenvalue weighted by Crippen LogP contribution is 2.32. The summed E-state index contributed by atoms with van der Waals surface area (Å²) in [5, 5.41) is 0. The fraction of sp³-hybridized carbons (Fsp3) is 0.300. The first kappa shape index (κ1) is 8.99. The topological polar surface area (TPSA) is 52.3 Å².